The first-order chi connectivity index (χ1) is 12.6. The number of imidazole rings is 1. The van der Waals surface area contributed by atoms with E-state index in [-0.39, 0.29) is 18.6 Å². The number of ether oxygens (including phenoxy) is 1. The highest BCUT2D eigenvalue weighted by Gasteiger charge is 2.32. The third-order valence-electron chi connectivity index (χ3n) is 4.54. The number of hydrogen-bond acceptors (Lipinski definition) is 3. The lowest BCUT2D eigenvalue weighted by Gasteiger charge is -2.23. The molecule has 2 heterocycles. The monoisotopic (exact) mass is 389 g/mol. The predicted molar refractivity (Wildman–Crippen MR) is 102 cm³/mol. The van der Waals surface area contributed by atoms with Crippen molar-refractivity contribution in [2.75, 3.05) is 13.2 Å². The first-order valence-corrected chi connectivity index (χ1v) is 9.19. The Morgan fingerprint density at radius 1 is 1.27 bits per heavy atom. The van der Waals surface area contributed by atoms with Gasteiger partial charge in [-0.05, 0) is 43.2 Å². The average Bonchev–Trinajstić information content (AvgIpc) is 3.27. The number of fused-ring (bicyclic) bond motifs is 1. The Morgan fingerprint density at radius 2 is 2.12 bits per heavy atom. The quantitative estimate of drug-likeness (QED) is 0.708. The number of para-hydroxylation sites is 2. The summed E-state index contributed by atoms with van der Waals surface area (Å²) in [4.78, 5) is 22.5. The molecule has 0 unspecified atom stereocenters. The Bertz CT molecular complexity index is 924. The summed E-state index contributed by atoms with van der Waals surface area (Å²) >= 11 is 12.0. The zero-order chi connectivity index (χ0) is 18.1. The predicted octanol–water partition coefficient (Wildman–Crippen LogP) is 4.61. The van der Waals surface area contributed by atoms with Gasteiger partial charge in [-0.15, -0.1) is 0 Å². The Labute approximate surface area is 160 Å². The van der Waals surface area contributed by atoms with Crippen LogP contribution in [0, 0.1) is 0 Å². The van der Waals surface area contributed by atoms with Crippen molar-refractivity contribution >= 4 is 40.1 Å². The van der Waals surface area contributed by atoms with E-state index in [0.29, 0.717) is 22.3 Å². The van der Waals surface area contributed by atoms with Gasteiger partial charge >= 0.3 is 0 Å². The third-order valence-corrected chi connectivity index (χ3v) is 5.07. The molecule has 0 aliphatic carbocycles. The normalized spacial score (nSPS) is 17.0. The third kappa shape index (κ3) is 3.37. The molecule has 7 heteroatoms. The number of nitrogens with zero attached hydrogens (tertiary/aromatic N) is 2. The summed E-state index contributed by atoms with van der Waals surface area (Å²) in [6.07, 6.45) is 1.82. The van der Waals surface area contributed by atoms with Crippen LogP contribution in [0.1, 0.15) is 24.7 Å². The number of likely N-dealkylation sites (tertiary alicyclic amines) is 1. The molecule has 1 aliphatic heterocycles. The smallest absolute Gasteiger partial charge is 0.261 e. The van der Waals surface area contributed by atoms with Gasteiger partial charge in [-0.2, -0.15) is 0 Å². The van der Waals surface area contributed by atoms with E-state index in [0.717, 1.165) is 29.7 Å². The van der Waals surface area contributed by atoms with E-state index in [1.807, 2.05) is 29.2 Å². The molecule has 0 radical (unpaired) electrons. The Balaban J connectivity index is 1.48. The molecule has 1 N–H and O–H groups in total. The maximum absolute atomic E-state index is 12.7. The van der Waals surface area contributed by atoms with Crippen molar-refractivity contribution in [1.82, 2.24) is 14.9 Å². The van der Waals surface area contributed by atoms with Crippen molar-refractivity contribution in [3.05, 3.63) is 58.3 Å². The second kappa shape index (κ2) is 7.17. The summed E-state index contributed by atoms with van der Waals surface area (Å²) in [5.41, 5.74) is 1.89. The molecular weight excluding hydrogens is 373 g/mol. The SMILES string of the molecule is O=C(COc1ccc(Cl)cc1Cl)N1CCC[C@H]1c1nc2ccccc2[nH]1. The van der Waals surface area contributed by atoms with Gasteiger partial charge < -0.3 is 14.6 Å². The molecule has 1 aromatic heterocycles. The molecule has 2 aromatic carbocycles. The minimum Gasteiger partial charge on any atom is -0.482 e. The minimum atomic E-state index is -0.0843. The number of nitrogens with one attached hydrogen (secondary N) is 1. The topological polar surface area (TPSA) is 58.2 Å². The molecule has 3 aromatic rings. The highest BCUT2D eigenvalue weighted by atomic mass is 35.5. The Kier molecular flexibility index (Phi) is 4.74. The fourth-order valence-electron chi connectivity index (χ4n) is 3.29. The van der Waals surface area contributed by atoms with Gasteiger partial charge in [-0.25, -0.2) is 4.98 Å². The molecular formula is C19H17Cl2N3O2. The van der Waals surface area contributed by atoms with Gasteiger partial charge in [-0.1, -0.05) is 35.3 Å². The molecule has 0 spiro atoms. The number of aromatic amines is 1. The van der Waals surface area contributed by atoms with E-state index >= 15 is 0 Å². The number of carbonyl (C=O) groups excluding carboxylic acids is 1. The summed E-state index contributed by atoms with van der Waals surface area (Å²) in [5.74, 6) is 1.18. The summed E-state index contributed by atoms with van der Waals surface area (Å²) in [6.45, 7) is 0.621. The lowest BCUT2D eigenvalue weighted by atomic mass is 10.2. The van der Waals surface area contributed by atoms with Crippen molar-refractivity contribution < 1.29 is 9.53 Å². The number of hydrogen-bond donors (Lipinski definition) is 1. The van der Waals surface area contributed by atoms with Crippen LogP contribution in [0.3, 0.4) is 0 Å². The highest BCUT2D eigenvalue weighted by Crippen LogP contribution is 2.32. The molecule has 26 heavy (non-hydrogen) atoms. The Hall–Kier alpha value is -2.24. The zero-order valence-corrected chi connectivity index (χ0v) is 15.4. The van der Waals surface area contributed by atoms with Gasteiger partial charge in [0, 0.05) is 11.6 Å². The van der Waals surface area contributed by atoms with E-state index < -0.39 is 0 Å². The second-order valence-corrected chi connectivity index (χ2v) is 7.09. The van der Waals surface area contributed by atoms with Crippen molar-refractivity contribution in [2.45, 2.75) is 18.9 Å². The molecule has 4 rings (SSSR count). The van der Waals surface area contributed by atoms with Gasteiger partial charge in [0.15, 0.2) is 6.61 Å². The first kappa shape index (κ1) is 17.2. The van der Waals surface area contributed by atoms with Crippen LogP contribution in [0.25, 0.3) is 11.0 Å². The van der Waals surface area contributed by atoms with Crippen LogP contribution in [-0.2, 0) is 4.79 Å². The van der Waals surface area contributed by atoms with Crippen LogP contribution in [0.5, 0.6) is 5.75 Å². The minimum absolute atomic E-state index is 0.0563. The van der Waals surface area contributed by atoms with Crippen LogP contribution >= 0.6 is 23.2 Å². The van der Waals surface area contributed by atoms with E-state index in [9.17, 15) is 4.79 Å². The average molecular weight is 390 g/mol. The lowest BCUT2D eigenvalue weighted by molar-refractivity contribution is -0.134. The van der Waals surface area contributed by atoms with E-state index in [2.05, 4.69) is 9.97 Å². The zero-order valence-electron chi connectivity index (χ0n) is 13.9. The van der Waals surface area contributed by atoms with E-state index in [1.54, 1.807) is 18.2 Å². The van der Waals surface area contributed by atoms with Crippen LogP contribution < -0.4 is 4.74 Å². The highest BCUT2D eigenvalue weighted by molar-refractivity contribution is 6.35. The summed E-state index contributed by atoms with van der Waals surface area (Å²) in [5, 5.41) is 0.915. The molecule has 1 atom stereocenters. The van der Waals surface area contributed by atoms with Crippen molar-refractivity contribution in [2.24, 2.45) is 0 Å². The maximum atomic E-state index is 12.7. The molecule has 1 aliphatic rings. The molecule has 5 nitrogen and oxygen atoms in total. The Morgan fingerprint density at radius 3 is 2.92 bits per heavy atom. The number of carbonyl (C=O) groups is 1. The standard InChI is InChI=1S/C19H17Cl2N3O2/c20-12-7-8-17(13(21)10-12)26-11-18(25)24-9-3-6-16(24)19-22-14-4-1-2-5-15(14)23-19/h1-2,4-5,7-8,10,16H,3,6,9,11H2,(H,22,23)/t16-/m0/s1. The number of benzene rings is 2. The number of amides is 1. The number of halogens is 2. The molecule has 1 saturated heterocycles. The number of rotatable bonds is 4. The van der Waals surface area contributed by atoms with Crippen LogP contribution in [-0.4, -0.2) is 33.9 Å². The second-order valence-electron chi connectivity index (χ2n) is 6.25. The summed E-state index contributed by atoms with van der Waals surface area (Å²) < 4.78 is 5.60. The lowest BCUT2D eigenvalue weighted by Crippen LogP contribution is -2.34. The molecule has 1 amide bonds. The van der Waals surface area contributed by atoms with Crippen molar-refractivity contribution in [3.63, 3.8) is 0 Å². The van der Waals surface area contributed by atoms with Gasteiger partial charge in [0.1, 0.15) is 11.6 Å². The fraction of sp³-hybridized carbons (Fsp3) is 0.263. The number of H-pyrrole nitrogens is 1. The molecule has 134 valence electrons. The van der Waals surface area contributed by atoms with Gasteiger partial charge in [0.25, 0.3) is 5.91 Å². The van der Waals surface area contributed by atoms with E-state index in [4.69, 9.17) is 27.9 Å². The molecule has 1 fully saturated rings. The summed E-state index contributed by atoms with van der Waals surface area (Å²) in [7, 11) is 0. The van der Waals surface area contributed by atoms with Crippen molar-refractivity contribution in [3.8, 4) is 5.75 Å². The van der Waals surface area contributed by atoms with Gasteiger partial charge in [-0.3, -0.25) is 4.79 Å². The van der Waals surface area contributed by atoms with Crippen LogP contribution in [0.15, 0.2) is 42.5 Å². The van der Waals surface area contributed by atoms with Crippen LogP contribution in [0.2, 0.25) is 10.0 Å². The van der Waals surface area contributed by atoms with Crippen LogP contribution in [0.4, 0.5) is 0 Å². The van der Waals surface area contributed by atoms with E-state index in [1.165, 1.54) is 0 Å². The van der Waals surface area contributed by atoms with Gasteiger partial charge in [0.05, 0.1) is 22.1 Å². The van der Waals surface area contributed by atoms with Gasteiger partial charge in [0.2, 0.25) is 0 Å². The first-order valence-electron chi connectivity index (χ1n) is 8.44. The maximum Gasteiger partial charge on any atom is 0.261 e. The molecule has 0 bridgehead atoms. The molecule has 0 saturated carbocycles. The summed E-state index contributed by atoms with van der Waals surface area (Å²) in [6, 6.07) is 12.7. The number of aromatic nitrogens is 2. The van der Waals surface area contributed by atoms with Crippen molar-refractivity contribution in [1.29, 1.82) is 0 Å². The largest absolute Gasteiger partial charge is 0.482 e. The fourth-order valence-corrected chi connectivity index (χ4v) is 3.76.